The highest BCUT2D eigenvalue weighted by atomic mass is 32.2. The molecule has 0 radical (unpaired) electrons. The highest BCUT2D eigenvalue weighted by Crippen LogP contribution is 2.32. The van der Waals surface area contributed by atoms with Crippen molar-refractivity contribution < 1.29 is 45.5 Å². The molecule has 1 atom stereocenters. The number of imide groups is 1. The molecule has 348 valence electrons. The first-order valence-electron chi connectivity index (χ1n) is 21.5. The van der Waals surface area contributed by atoms with Crippen molar-refractivity contribution in [2.24, 2.45) is 5.92 Å². The molecule has 3 aliphatic heterocycles. The molecule has 0 spiro atoms. The van der Waals surface area contributed by atoms with Crippen LogP contribution in [0.1, 0.15) is 61.4 Å². The summed E-state index contributed by atoms with van der Waals surface area (Å²) in [4.78, 5) is 70.4. The van der Waals surface area contributed by atoms with E-state index in [-0.39, 0.29) is 60.1 Å². The Kier molecular flexibility index (Phi) is 13.5. The molecule has 2 amide bonds. The van der Waals surface area contributed by atoms with Crippen LogP contribution in [0, 0.1) is 23.4 Å². The minimum Gasteiger partial charge on any atom is -0.450 e. The molecule has 3 aromatic heterocycles. The quantitative estimate of drug-likeness (QED) is 0.0423. The van der Waals surface area contributed by atoms with Crippen molar-refractivity contribution in [2.45, 2.75) is 57.5 Å². The summed E-state index contributed by atoms with van der Waals surface area (Å²) in [5.74, 6) is -4.84. The van der Waals surface area contributed by atoms with Crippen LogP contribution < -0.4 is 30.5 Å². The average Bonchev–Trinajstić information content (AvgIpc) is 3.74. The fourth-order valence-corrected chi connectivity index (χ4v) is 9.15. The molecule has 22 heteroatoms. The van der Waals surface area contributed by atoms with Crippen molar-refractivity contribution in [1.29, 1.82) is 0 Å². The van der Waals surface area contributed by atoms with Gasteiger partial charge in [0, 0.05) is 105 Å². The van der Waals surface area contributed by atoms with Gasteiger partial charge in [0.15, 0.2) is 5.82 Å². The summed E-state index contributed by atoms with van der Waals surface area (Å²) in [5, 5.41) is 8.86. The molecule has 18 nitrogen and oxygen atoms in total. The summed E-state index contributed by atoms with van der Waals surface area (Å²) in [7, 11) is -2.87. The van der Waals surface area contributed by atoms with Gasteiger partial charge in [-0.2, -0.15) is 12.7 Å². The molecule has 0 bridgehead atoms. The van der Waals surface area contributed by atoms with Crippen molar-refractivity contribution in [3.05, 3.63) is 89.8 Å². The standard InChI is InChI=1S/C44H48F3N11O7S/c1-3-56(2)66(63,64)55-34-6-5-32(45)38(39(34)47)40(60)31-23-49-41-30(31)18-26(20-48-41)27-21-50-44(51-22-27)58-16-12-28(13-17-58)52-24-65-43(62)25-10-14-57(15-11-25)36-8-4-29(19-33(36)46)53-35-7-9-37(59)54-42(35)61/h4-6,8,18-23,25,28,35,52-53,55H,3,7,9-17,24H2,1-2H3,(H,48,49)(H,54,59,61). The number of esters is 1. The van der Waals surface area contributed by atoms with E-state index in [4.69, 9.17) is 4.74 Å². The highest BCUT2D eigenvalue weighted by molar-refractivity contribution is 7.90. The number of benzene rings is 2. The van der Waals surface area contributed by atoms with Crippen molar-refractivity contribution in [3.63, 3.8) is 0 Å². The number of hydrogen-bond donors (Lipinski definition) is 5. The van der Waals surface area contributed by atoms with E-state index >= 15 is 13.2 Å². The van der Waals surface area contributed by atoms with Crippen LogP contribution in [-0.2, 0) is 29.3 Å². The lowest BCUT2D eigenvalue weighted by Gasteiger charge is -2.34. The number of nitrogens with one attached hydrogen (secondary N) is 5. The minimum absolute atomic E-state index is 0.0622. The van der Waals surface area contributed by atoms with Crippen LogP contribution in [0.5, 0.6) is 0 Å². The predicted molar refractivity (Wildman–Crippen MR) is 238 cm³/mol. The third-order valence-electron chi connectivity index (χ3n) is 12.2. The first-order valence-corrected chi connectivity index (χ1v) is 23.0. The normalized spacial score (nSPS) is 17.6. The number of fused-ring (bicyclic) bond motifs is 1. The molecule has 0 aliphatic carbocycles. The monoisotopic (exact) mass is 931 g/mol. The first-order chi connectivity index (χ1) is 31.7. The van der Waals surface area contributed by atoms with Gasteiger partial charge < -0.3 is 24.8 Å². The van der Waals surface area contributed by atoms with Crippen LogP contribution in [0.2, 0.25) is 0 Å². The zero-order valence-corrected chi connectivity index (χ0v) is 36.9. The number of aromatic nitrogens is 4. The number of hydrogen-bond acceptors (Lipinski definition) is 14. The third-order valence-corrected chi connectivity index (χ3v) is 13.8. The molecule has 5 aromatic rings. The van der Waals surface area contributed by atoms with Crippen molar-refractivity contribution in [3.8, 4) is 11.1 Å². The molecule has 2 aromatic carbocycles. The topological polar surface area (TPSA) is 224 Å². The Morgan fingerprint density at radius 3 is 2.30 bits per heavy atom. The van der Waals surface area contributed by atoms with Gasteiger partial charge in [-0.1, -0.05) is 6.92 Å². The van der Waals surface area contributed by atoms with E-state index in [0.29, 0.717) is 73.9 Å². The summed E-state index contributed by atoms with van der Waals surface area (Å²) < 4.78 is 79.4. The third kappa shape index (κ3) is 9.94. The van der Waals surface area contributed by atoms with Gasteiger partial charge in [-0.3, -0.25) is 34.5 Å². The van der Waals surface area contributed by atoms with Gasteiger partial charge in [-0.05, 0) is 68.5 Å². The van der Waals surface area contributed by atoms with E-state index in [1.54, 1.807) is 43.7 Å². The van der Waals surface area contributed by atoms with Gasteiger partial charge in [0.2, 0.25) is 23.5 Å². The van der Waals surface area contributed by atoms with Crippen molar-refractivity contribution >= 4 is 67.8 Å². The van der Waals surface area contributed by atoms with Gasteiger partial charge in [0.1, 0.15) is 30.1 Å². The molecular formula is C44H48F3N11O7S. The smallest absolute Gasteiger partial charge is 0.310 e. The van der Waals surface area contributed by atoms with Gasteiger partial charge in [-0.15, -0.1) is 0 Å². The Labute approximate surface area is 377 Å². The molecule has 5 N–H and O–H groups in total. The maximum atomic E-state index is 15.6. The van der Waals surface area contributed by atoms with Crippen LogP contribution in [0.15, 0.2) is 61.2 Å². The fraction of sp³-hybridized carbons (Fsp3) is 0.386. The number of halogens is 3. The Balaban J connectivity index is 0.798. The summed E-state index contributed by atoms with van der Waals surface area (Å²) in [6.07, 6.45) is 9.12. The van der Waals surface area contributed by atoms with Crippen LogP contribution in [0.3, 0.4) is 0 Å². The number of amides is 2. The lowest BCUT2D eigenvalue weighted by molar-refractivity contribution is -0.150. The Morgan fingerprint density at radius 1 is 0.894 bits per heavy atom. The van der Waals surface area contributed by atoms with Crippen molar-refractivity contribution in [1.82, 2.24) is 34.9 Å². The number of carbonyl (C=O) groups is 4. The highest BCUT2D eigenvalue weighted by Gasteiger charge is 2.31. The second kappa shape index (κ2) is 19.4. The Morgan fingerprint density at radius 2 is 1.61 bits per heavy atom. The Bertz CT molecular complexity index is 2760. The average molecular weight is 932 g/mol. The molecule has 3 fully saturated rings. The zero-order chi connectivity index (χ0) is 46.7. The number of aromatic amines is 1. The number of rotatable bonds is 15. The maximum Gasteiger partial charge on any atom is 0.310 e. The minimum atomic E-state index is -4.16. The number of pyridine rings is 1. The number of ether oxygens (including phenoxy) is 1. The number of nitrogens with zero attached hydrogens (tertiary/aromatic N) is 6. The SMILES string of the molecule is CCN(C)S(=O)(=O)Nc1ccc(F)c(C(=O)c2c[nH]c3ncc(-c4cnc(N5CCC(NCOC(=O)C6CCN(c7ccc(NC8CCC(=O)NC8=O)cc7F)CC6)CC5)nc4)cc23)c1F. The Hall–Kier alpha value is -6.65. The molecule has 1 unspecified atom stereocenters. The second-order valence-corrected chi connectivity index (χ2v) is 18.2. The van der Waals surface area contributed by atoms with Crippen LogP contribution in [0.4, 0.5) is 36.2 Å². The zero-order valence-electron chi connectivity index (χ0n) is 36.1. The fourth-order valence-electron chi connectivity index (χ4n) is 8.22. The molecule has 3 aliphatic rings. The van der Waals surface area contributed by atoms with Crippen LogP contribution in [0.25, 0.3) is 22.2 Å². The second-order valence-electron chi connectivity index (χ2n) is 16.4. The predicted octanol–water partition coefficient (Wildman–Crippen LogP) is 4.47. The number of piperidine rings is 3. The van der Waals surface area contributed by atoms with Crippen LogP contribution in [-0.4, -0.2) is 115 Å². The lowest BCUT2D eigenvalue weighted by atomic mass is 9.96. The molecule has 66 heavy (non-hydrogen) atoms. The van der Waals surface area contributed by atoms with E-state index in [1.807, 2.05) is 9.80 Å². The van der Waals surface area contributed by atoms with E-state index in [9.17, 15) is 27.6 Å². The number of ketones is 1. The first kappa shape index (κ1) is 45.9. The number of carbonyl (C=O) groups excluding carboxylic acids is 4. The van der Waals surface area contributed by atoms with Gasteiger partial charge in [-0.25, -0.2) is 28.1 Å². The van der Waals surface area contributed by atoms with E-state index < -0.39 is 56.6 Å². The summed E-state index contributed by atoms with van der Waals surface area (Å²) in [6, 6.07) is 7.52. The number of anilines is 4. The van der Waals surface area contributed by atoms with Gasteiger partial charge >= 0.3 is 16.2 Å². The lowest BCUT2D eigenvalue weighted by Crippen LogP contribution is -2.47. The molecular weight excluding hydrogens is 884 g/mol. The van der Waals surface area contributed by atoms with Gasteiger partial charge in [0.25, 0.3) is 0 Å². The van der Waals surface area contributed by atoms with E-state index in [0.717, 1.165) is 29.3 Å². The molecule has 0 saturated carbocycles. The summed E-state index contributed by atoms with van der Waals surface area (Å²) >= 11 is 0. The summed E-state index contributed by atoms with van der Waals surface area (Å²) in [5.41, 5.74) is 0.678. The van der Waals surface area contributed by atoms with Crippen LogP contribution >= 0.6 is 0 Å². The number of H-pyrrole nitrogens is 1. The molecule has 8 rings (SSSR count). The van der Waals surface area contributed by atoms with Crippen molar-refractivity contribution in [2.75, 3.05) is 66.3 Å². The molecule has 6 heterocycles. The van der Waals surface area contributed by atoms with E-state index in [2.05, 4.69) is 40.6 Å². The maximum absolute atomic E-state index is 15.6. The summed E-state index contributed by atoms with van der Waals surface area (Å²) in [6.45, 7) is 3.97. The molecule has 3 saturated heterocycles. The van der Waals surface area contributed by atoms with E-state index in [1.165, 1.54) is 19.3 Å². The van der Waals surface area contributed by atoms with Gasteiger partial charge in [0.05, 0.1) is 22.9 Å². The largest absolute Gasteiger partial charge is 0.450 e.